The molecular weight excluding hydrogens is 594 g/mol. The Kier molecular flexibility index (Phi) is 11.2. The summed E-state index contributed by atoms with van der Waals surface area (Å²) in [5.41, 5.74) is 2.50. The molecule has 0 bridgehead atoms. The van der Waals surface area contributed by atoms with Crippen LogP contribution in [0, 0.1) is 6.92 Å². The van der Waals surface area contributed by atoms with Crippen LogP contribution in [0.4, 0.5) is 5.69 Å². The highest BCUT2D eigenvalue weighted by Crippen LogP contribution is 2.31. The molecule has 4 aromatic carbocycles. The van der Waals surface area contributed by atoms with Crippen molar-refractivity contribution in [1.29, 1.82) is 0 Å². The SMILES string of the molecule is CCC(C)NC(=O)C(Cc1ccccc1)N(Cc1ccccc1)C(=O)CN(c1cccc(Cl)c1C)S(=O)(=O)c1ccccc1. The van der Waals surface area contributed by atoms with Crippen LogP contribution in [0.15, 0.2) is 114 Å². The Morgan fingerprint density at radius 3 is 1.98 bits per heavy atom. The number of nitrogens with zero attached hydrogens (tertiary/aromatic N) is 2. The maximum absolute atomic E-state index is 14.5. The van der Waals surface area contributed by atoms with Crippen molar-refractivity contribution in [3.63, 3.8) is 0 Å². The van der Waals surface area contributed by atoms with Gasteiger partial charge in [-0.1, -0.05) is 103 Å². The van der Waals surface area contributed by atoms with Crippen LogP contribution in [0.25, 0.3) is 0 Å². The van der Waals surface area contributed by atoms with Crippen LogP contribution >= 0.6 is 11.6 Å². The summed E-state index contributed by atoms with van der Waals surface area (Å²) in [5.74, 6) is -0.822. The molecule has 2 atom stereocenters. The molecule has 0 aromatic heterocycles. The van der Waals surface area contributed by atoms with Gasteiger partial charge in [0.25, 0.3) is 10.0 Å². The van der Waals surface area contributed by atoms with Crippen LogP contribution in [0.3, 0.4) is 0 Å². The maximum atomic E-state index is 14.5. The molecule has 0 spiro atoms. The predicted octanol–water partition coefficient (Wildman–Crippen LogP) is 6.40. The molecule has 9 heteroatoms. The highest BCUT2D eigenvalue weighted by Gasteiger charge is 2.35. The number of benzene rings is 4. The summed E-state index contributed by atoms with van der Waals surface area (Å²) in [6, 6.07) is 30.8. The van der Waals surface area contributed by atoms with Crippen LogP contribution in [-0.2, 0) is 32.6 Å². The molecule has 0 saturated carbocycles. The number of nitrogens with one attached hydrogen (secondary N) is 1. The summed E-state index contributed by atoms with van der Waals surface area (Å²) in [5, 5.41) is 3.42. The smallest absolute Gasteiger partial charge is 0.264 e. The van der Waals surface area contributed by atoms with Crippen molar-refractivity contribution in [2.45, 2.75) is 57.1 Å². The molecule has 1 N–H and O–H groups in total. The average molecular weight is 632 g/mol. The van der Waals surface area contributed by atoms with Gasteiger partial charge in [-0.05, 0) is 61.2 Å². The lowest BCUT2D eigenvalue weighted by Crippen LogP contribution is -2.54. The number of hydrogen-bond acceptors (Lipinski definition) is 4. The third-order valence-corrected chi connectivity index (χ3v) is 9.77. The summed E-state index contributed by atoms with van der Waals surface area (Å²) in [4.78, 5) is 29.9. The first kappa shape index (κ1) is 32.8. The number of rotatable bonds is 13. The molecule has 0 aliphatic carbocycles. The molecule has 230 valence electrons. The van der Waals surface area contributed by atoms with Crippen LogP contribution in [-0.4, -0.2) is 43.8 Å². The van der Waals surface area contributed by atoms with Crippen molar-refractivity contribution in [1.82, 2.24) is 10.2 Å². The van der Waals surface area contributed by atoms with Gasteiger partial charge in [0, 0.05) is 24.0 Å². The van der Waals surface area contributed by atoms with Gasteiger partial charge in [0.15, 0.2) is 0 Å². The van der Waals surface area contributed by atoms with Gasteiger partial charge in [-0.2, -0.15) is 0 Å². The minimum atomic E-state index is -4.20. The van der Waals surface area contributed by atoms with E-state index in [1.807, 2.05) is 74.5 Å². The van der Waals surface area contributed by atoms with E-state index in [9.17, 15) is 18.0 Å². The molecule has 0 radical (unpaired) electrons. The van der Waals surface area contributed by atoms with Crippen molar-refractivity contribution in [2.24, 2.45) is 0 Å². The van der Waals surface area contributed by atoms with Gasteiger partial charge in [-0.15, -0.1) is 0 Å². The summed E-state index contributed by atoms with van der Waals surface area (Å²) in [7, 11) is -4.20. The molecule has 0 fully saturated rings. The Balaban J connectivity index is 1.82. The maximum Gasteiger partial charge on any atom is 0.264 e. The first-order valence-electron chi connectivity index (χ1n) is 14.6. The van der Waals surface area contributed by atoms with Crippen LogP contribution in [0.5, 0.6) is 0 Å². The van der Waals surface area contributed by atoms with Gasteiger partial charge in [0.05, 0.1) is 10.6 Å². The first-order valence-corrected chi connectivity index (χ1v) is 16.4. The molecule has 2 amide bonds. The second-order valence-corrected chi connectivity index (χ2v) is 13.0. The fourth-order valence-electron chi connectivity index (χ4n) is 4.87. The van der Waals surface area contributed by atoms with Crippen LogP contribution in [0.2, 0.25) is 5.02 Å². The standard InChI is InChI=1S/C35H38ClN3O4S/c1-4-26(2)37-35(41)33(23-28-15-8-5-9-16-28)38(24-29-17-10-6-11-18-29)34(40)25-39(32-22-14-21-31(36)27(32)3)44(42,43)30-19-12-7-13-20-30/h5-22,26,33H,4,23-25H2,1-3H3,(H,37,41). The zero-order valence-electron chi connectivity index (χ0n) is 25.2. The van der Waals surface area contributed by atoms with Crippen molar-refractivity contribution < 1.29 is 18.0 Å². The molecule has 4 aromatic rings. The summed E-state index contributed by atoms with van der Waals surface area (Å²) >= 11 is 6.44. The zero-order valence-corrected chi connectivity index (χ0v) is 26.8. The molecule has 7 nitrogen and oxygen atoms in total. The zero-order chi connectivity index (χ0) is 31.7. The highest BCUT2D eigenvalue weighted by atomic mass is 35.5. The minimum absolute atomic E-state index is 0.0390. The predicted molar refractivity (Wildman–Crippen MR) is 176 cm³/mol. The van der Waals surface area contributed by atoms with Crippen LogP contribution in [0.1, 0.15) is 37.0 Å². The monoisotopic (exact) mass is 631 g/mol. The number of hydrogen-bond donors (Lipinski definition) is 1. The lowest BCUT2D eigenvalue weighted by molar-refractivity contribution is -0.140. The number of carbonyl (C=O) groups is 2. The number of sulfonamides is 1. The Labute approximate surface area is 265 Å². The van der Waals surface area contributed by atoms with Gasteiger partial charge in [0.2, 0.25) is 11.8 Å². The molecular formula is C35H38ClN3O4S. The number of halogens is 1. The quantitative estimate of drug-likeness (QED) is 0.185. The Bertz CT molecular complexity index is 1650. The van der Waals surface area contributed by atoms with Crippen molar-refractivity contribution in [2.75, 3.05) is 10.8 Å². The first-order chi connectivity index (χ1) is 21.1. The van der Waals surface area contributed by atoms with Gasteiger partial charge in [0.1, 0.15) is 12.6 Å². The van der Waals surface area contributed by atoms with Crippen molar-refractivity contribution in [3.8, 4) is 0 Å². The largest absolute Gasteiger partial charge is 0.352 e. The highest BCUT2D eigenvalue weighted by molar-refractivity contribution is 7.92. The third-order valence-electron chi connectivity index (χ3n) is 7.59. The van der Waals surface area contributed by atoms with E-state index in [-0.39, 0.29) is 35.5 Å². The van der Waals surface area contributed by atoms with E-state index in [1.165, 1.54) is 17.0 Å². The van der Waals surface area contributed by atoms with Gasteiger partial charge >= 0.3 is 0 Å². The molecule has 0 aliphatic rings. The van der Waals surface area contributed by atoms with Gasteiger partial charge in [-0.25, -0.2) is 8.42 Å². The summed E-state index contributed by atoms with van der Waals surface area (Å²) in [6.07, 6.45) is 0.969. The molecule has 4 rings (SSSR count). The van der Waals surface area contributed by atoms with Gasteiger partial charge in [-0.3, -0.25) is 13.9 Å². The molecule has 44 heavy (non-hydrogen) atoms. The number of amides is 2. The second kappa shape index (κ2) is 15.0. The van der Waals surface area contributed by atoms with E-state index < -0.39 is 28.5 Å². The van der Waals surface area contributed by atoms with Gasteiger partial charge < -0.3 is 10.2 Å². The molecule has 0 saturated heterocycles. The summed E-state index contributed by atoms with van der Waals surface area (Å²) in [6.45, 7) is 5.18. The Morgan fingerprint density at radius 1 is 0.818 bits per heavy atom. The fourth-order valence-corrected chi connectivity index (χ4v) is 6.54. The fraction of sp³-hybridized carbons (Fsp3) is 0.257. The molecule has 0 aliphatic heterocycles. The lowest BCUT2D eigenvalue weighted by Gasteiger charge is -2.34. The van der Waals surface area contributed by atoms with E-state index in [0.29, 0.717) is 17.0 Å². The van der Waals surface area contributed by atoms with Crippen molar-refractivity contribution in [3.05, 3.63) is 131 Å². The normalized spacial score (nSPS) is 12.6. The average Bonchev–Trinajstić information content (AvgIpc) is 3.04. The number of carbonyl (C=O) groups excluding carboxylic acids is 2. The van der Waals surface area contributed by atoms with E-state index >= 15 is 0 Å². The third kappa shape index (κ3) is 8.07. The van der Waals surface area contributed by atoms with E-state index in [1.54, 1.807) is 43.3 Å². The van der Waals surface area contributed by atoms with E-state index in [0.717, 1.165) is 15.4 Å². The Morgan fingerprint density at radius 2 is 1.39 bits per heavy atom. The Hall–Kier alpha value is -4.14. The van der Waals surface area contributed by atoms with Crippen molar-refractivity contribution >= 4 is 39.1 Å². The topological polar surface area (TPSA) is 86.8 Å². The van der Waals surface area contributed by atoms with E-state index in [4.69, 9.17) is 11.6 Å². The number of anilines is 1. The minimum Gasteiger partial charge on any atom is -0.352 e. The second-order valence-electron chi connectivity index (χ2n) is 10.7. The van der Waals surface area contributed by atoms with Crippen LogP contribution < -0.4 is 9.62 Å². The molecule has 0 heterocycles. The lowest BCUT2D eigenvalue weighted by atomic mass is 10.0. The molecule has 2 unspecified atom stereocenters. The van der Waals surface area contributed by atoms with E-state index in [2.05, 4.69) is 5.32 Å². The summed E-state index contributed by atoms with van der Waals surface area (Å²) < 4.78 is 29.3.